The largest absolute Gasteiger partial charge is 0.369 e. The molecule has 2 aromatic rings. The number of nitrogens with zero attached hydrogens (tertiary/aromatic N) is 1. The Kier molecular flexibility index (Phi) is 6.24. The molecular weight excluding hydrogens is 330 g/mol. The van der Waals surface area contributed by atoms with Crippen LogP contribution in [0.1, 0.15) is 34.4 Å². The van der Waals surface area contributed by atoms with Crippen molar-refractivity contribution in [1.29, 1.82) is 0 Å². The third-order valence-electron chi connectivity index (χ3n) is 4.89. The van der Waals surface area contributed by atoms with Gasteiger partial charge in [-0.05, 0) is 54.4 Å². The van der Waals surface area contributed by atoms with Gasteiger partial charge in [0, 0.05) is 31.1 Å². The fourth-order valence-corrected chi connectivity index (χ4v) is 4.31. The minimum Gasteiger partial charge on any atom is -0.369 e. The van der Waals surface area contributed by atoms with Crippen molar-refractivity contribution < 1.29 is 4.79 Å². The van der Waals surface area contributed by atoms with Gasteiger partial charge in [-0.3, -0.25) is 9.69 Å². The molecule has 3 N–H and O–H groups in total. The van der Waals surface area contributed by atoms with Crippen molar-refractivity contribution in [2.75, 3.05) is 13.1 Å². The van der Waals surface area contributed by atoms with Gasteiger partial charge in [0.1, 0.15) is 0 Å². The van der Waals surface area contributed by atoms with E-state index in [4.69, 9.17) is 5.73 Å². The summed E-state index contributed by atoms with van der Waals surface area (Å²) in [6.45, 7) is 6.67. The van der Waals surface area contributed by atoms with Crippen LogP contribution in [0.15, 0.2) is 35.7 Å². The molecular formula is C20H27N3OS. The third-order valence-corrected chi connectivity index (χ3v) is 5.91. The SMILES string of the molecule is Cc1ccsc1CNCc1cccc(CN2CCC[C@@H](C(N)=O)C2)c1. The first-order valence-electron chi connectivity index (χ1n) is 8.95. The molecule has 0 bridgehead atoms. The predicted octanol–water partition coefficient (Wildman–Crippen LogP) is 3.04. The molecule has 1 aliphatic rings. The molecule has 3 rings (SSSR count). The lowest BCUT2D eigenvalue weighted by atomic mass is 9.97. The number of piperidine rings is 1. The summed E-state index contributed by atoms with van der Waals surface area (Å²) < 4.78 is 0. The average molecular weight is 358 g/mol. The Bertz CT molecular complexity index is 712. The highest BCUT2D eigenvalue weighted by molar-refractivity contribution is 7.10. The zero-order chi connectivity index (χ0) is 17.6. The van der Waals surface area contributed by atoms with Crippen LogP contribution in [0.4, 0.5) is 0 Å². The maximum Gasteiger partial charge on any atom is 0.221 e. The van der Waals surface area contributed by atoms with Crippen LogP contribution >= 0.6 is 11.3 Å². The highest BCUT2D eigenvalue weighted by Gasteiger charge is 2.23. The van der Waals surface area contributed by atoms with E-state index >= 15 is 0 Å². The molecule has 5 heteroatoms. The number of hydrogen-bond acceptors (Lipinski definition) is 4. The predicted molar refractivity (Wildman–Crippen MR) is 103 cm³/mol. The monoisotopic (exact) mass is 357 g/mol. The summed E-state index contributed by atoms with van der Waals surface area (Å²) in [7, 11) is 0. The molecule has 1 aromatic heterocycles. The summed E-state index contributed by atoms with van der Waals surface area (Å²) in [5.74, 6) is -0.154. The van der Waals surface area contributed by atoms with Crippen LogP contribution in [0, 0.1) is 12.8 Å². The molecule has 25 heavy (non-hydrogen) atoms. The number of nitrogens with two attached hydrogens (primary N) is 1. The van der Waals surface area contributed by atoms with Crippen molar-refractivity contribution in [1.82, 2.24) is 10.2 Å². The number of nitrogens with one attached hydrogen (secondary N) is 1. The molecule has 0 unspecified atom stereocenters. The van der Waals surface area contributed by atoms with Crippen LogP contribution in [0.25, 0.3) is 0 Å². The molecule has 134 valence electrons. The Labute approximate surface area is 154 Å². The van der Waals surface area contributed by atoms with E-state index in [2.05, 4.69) is 52.9 Å². The van der Waals surface area contributed by atoms with Crippen LogP contribution < -0.4 is 11.1 Å². The molecule has 1 saturated heterocycles. The summed E-state index contributed by atoms with van der Waals surface area (Å²) >= 11 is 1.81. The Morgan fingerprint density at radius 3 is 2.92 bits per heavy atom. The summed E-state index contributed by atoms with van der Waals surface area (Å²) in [6.07, 6.45) is 1.98. The van der Waals surface area contributed by atoms with Gasteiger partial charge in [-0.15, -0.1) is 11.3 Å². The second-order valence-electron chi connectivity index (χ2n) is 6.93. The summed E-state index contributed by atoms with van der Waals surface area (Å²) in [5, 5.41) is 5.68. The van der Waals surface area contributed by atoms with Gasteiger partial charge < -0.3 is 11.1 Å². The smallest absolute Gasteiger partial charge is 0.221 e. The lowest BCUT2D eigenvalue weighted by molar-refractivity contribution is -0.123. The zero-order valence-electron chi connectivity index (χ0n) is 14.8. The minimum atomic E-state index is -0.161. The second-order valence-corrected chi connectivity index (χ2v) is 7.93. The standard InChI is InChI=1S/C20H27N3OS/c1-15-7-9-25-19(15)12-22-11-16-4-2-5-17(10-16)13-23-8-3-6-18(14-23)20(21)24/h2,4-5,7,9-10,18,22H,3,6,8,11-14H2,1H3,(H2,21,24)/t18-/m1/s1. The van der Waals surface area contributed by atoms with E-state index in [1.165, 1.54) is 21.6 Å². The molecule has 1 fully saturated rings. The van der Waals surface area contributed by atoms with Crippen molar-refractivity contribution in [3.63, 3.8) is 0 Å². The molecule has 1 amide bonds. The molecule has 0 aliphatic carbocycles. The molecule has 0 saturated carbocycles. The number of primary amides is 1. The van der Waals surface area contributed by atoms with Crippen LogP contribution in [0.2, 0.25) is 0 Å². The molecule has 2 heterocycles. The van der Waals surface area contributed by atoms with Gasteiger partial charge in [-0.1, -0.05) is 24.3 Å². The first-order valence-corrected chi connectivity index (χ1v) is 9.83. The normalized spacial score (nSPS) is 18.4. The van der Waals surface area contributed by atoms with Gasteiger partial charge in [0.2, 0.25) is 5.91 Å². The van der Waals surface area contributed by atoms with Crippen molar-refractivity contribution >= 4 is 17.2 Å². The highest BCUT2D eigenvalue weighted by Crippen LogP contribution is 2.19. The Balaban J connectivity index is 1.52. The first kappa shape index (κ1) is 18.1. The maximum absolute atomic E-state index is 11.4. The van der Waals surface area contributed by atoms with E-state index in [0.717, 1.165) is 45.6 Å². The van der Waals surface area contributed by atoms with E-state index in [1.54, 1.807) is 11.3 Å². The van der Waals surface area contributed by atoms with E-state index in [-0.39, 0.29) is 11.8 Å². The molecule has 1 atom stereocenters. The number of carbonyl (C=O) groups is 1. The van der Waals surface area contributed by atoms with Crippen molar-refractivity contribution in [2.45, 2.75) is 39.4 Å². The highest BCUT2D eigenvalue weighted by atomic mass is 32.1. The van der Waals surface area contributed by atoms with E-state index in [9.17, 15) is 4.79 Å². The van der Waals surface area contributed by atoms with Gasteiger partial charge in [-0.2, -0.15) is 0 Å². The number of carbonyl (C=O) groups excluding carboxylic acids is 1. The number of hydrogen-bond donors (Lipinski definition) is 2. The van der Waals surface area contributed by atoms with E-state index in [1.807, 2.05) is 0 Å². The molecule has 4 nitrogen and oxygen atoms in total. The quantitative estimate of drug-likeness (QED) is 0.801. The Morgan fingerprint density at radius 1 is 1.32 bits per heavy atom. The van der Waals surface area contributed by atoms with Crippen LogP contribution in [0.3, 0.4) is 0 Å². The van der Waals surface area contributed by atoms with E-state index in [0.29, 0.717) is 0 Å². The van der Waals surface area contributed by atoms with Crippen molar-refractivity contribution in [3.8, 4) is 0 Å². The number of benzene rings is 1. The van der Waals surface area contributed by atoms with Crippen LogP contribution in [-0.4, -0.2) is 23.9 Å². The molecule has 1 aromatic carbocycles. The summed E-state index contributed by atoms with van der Waals surface area (Å²) in [4.78, 5) is 15.2. The lowest BCUT2D eigenvalue weighted by Gasteiger charge is -2.31. The van der Waals surface area contributed by atoms with Gasteiger partial charge in [0.15, 0.2) is 0 Å². The molecule has 0 spiro atoms. The average Bonchev–Trinajstić information content (AvgIpc) is 3.01. The number of rotatable bonds is 7. The van der Waals surface area contributed by atoms with Gasteiger partial charge in [0.05, 0.1) is 5.92 Å². The van der Waals surface area contributed by atoms with Gasteiger partial charge >= 0.3 is 0 Å². The van der Waals surface area contributed by atoms with Crippen molar-refractivity contribution in [2.24, 2.45) is 11.7 Å². The van der Waals surface area contributed by atoms with E-state index < -0.39 is 0 Å². The number of likely N-dealkylation sites (tertiary alicyclic amines) is 1. The Morgan fingerprint density at radius 2 is 2.16 bits per heavy atom. The summed E-state index contributed by atoms with van der Waals surface area (Å²) in [5.41, 5.74) is 9.44. The number of amides is 1. The fraction of sp³-hybridized carbons (Fsp3) is 0.450. The number of aryl methyl sites for hydroxylation is 1. The fourth-order valence-electron chi connectivity index (χ4n) is 3.43. The van der Waals surface area contributed by atoms with Crippen molar-refractivity contribution in [3.05, 3.63) is 57.3 Å². The second kappa shape index (κ2) is 8.61. The zero-order valence-corrected chi connectivity index (χ0v) is 15.6. The first-order chi connectivity index (χ1) is 12.1. The number of thiophene rings is 1. The van der Waals surface area contributed by atoms with Gasteiger partial charge in [0.25, 0.3) is 0 Å². The van der Waals surface area contributed by atoms with Gasteiger partial charge in [-0.25, -0.2) is 0 Å². The molecule has 0 radical (unpaired) electrons. The van der Waals surface area contributed by atoms with Crippen LogP contribution in [0.5, 0.6) is 0 Å². The summed E-state index contributed by atoms with van der Waals surface area (Å²) in [6, 6.07) is 10.9. The maximum atomic E-state index is 11.4. The Hall–Kier alpha value is -1.69. The third kappa shape index (κ3) is 5.14. The lowest BCUT2D eigenvalue weighted by Crippen LogP contribution is -2.40. The topological polar surface area (TPSA) is 58.4 Å². The molecule has 1 aliphatic heterocycles. The minimum absolute atomic E-state index is 0.00707. The van der Waals surface area contributed by atoms with Crippen LogP contribution in [-0.2, 0) is 24.4 Å².